The van der Waals surface area contributed by atoms with E-state index in [1.807, 2.05) is 13.0 Å². The number of nitrogens with zero attached hydrogens (tertiary/aromatic N) is 2. The number of carbonyl (C=O) groups is 3. The molecule has 10 nitrogen and oxygen atoms in total. The fourth-order valence-electron chi connectivity index (χ4n) is 4.55. The third-order valence-electron chi connectivity index (χ3n) is 7.00. The van der Waals surface area contributed by atoms with E-state index in [0.29, 0.717) is 11.3 Å². The first-order valence-corrected chi connectivity index (χ1v) is 13.4. The van der Waals surface area contributed by atoms with Gasteiger partial charge in [-0.2, -0.15) is 5.90 Å². The van der Waals surface area contributed by atoms with Crippen molar-refractivity contribution in [2.75, 3.05) is 6.54 Å². The Morgan fingerprint density at radius 2 is 2.05 bits per heavy atom. The smallest absolute Gasteiger partial charge is 0.258 e. The molecule has 1 aliphatic heterocycles. The van der Waals surface area contributed by atoms with Crippen LogP contribution in [0.2, 0.25) is 0 Å². The van der Waals surface area contributed by atoms with Crippen molar-refractivity contribution in [3.8, 4) is 16.2 Å². The lowest BCUT2D eigenvalue weighted by molar-refractivity contribution is -0.145. The second-order valence-electron chi connectivity index (χ2n) is 11.1. The Labute approximate surface area is 224 Å². The van der Waals surface area contributed by atoms with Gasteiger partial charge in [0, 0.05) is 25.1 Å². The standard InChI is InChI=1S/C26H34FN5O5S/c1-14-20(38-13-30-14)15-5-6-16(19(9-15)37-28)11-29-22(34)18-10-17(33)12-32(18)23(35)21(25(2,3)4)31-24(36)26(27)7-8-26/h5-6,9,13,17-18,21,33H,7-8,10-12,28H2,1-4H3,(H,29,34)(H,31,36). The molecule has 1 aliphatic carbocycles. The molecule has 2 aliphatic rings. The zero-order chi connectivity index (χ0) is 27.8. The van der Waals surface area contributed by atoms with E-state index in [1.54, 1.807) is 38.4 Å². The van der Waals surface area contributed by atoms with Crippen molar-refractivity contribution in [3.05, 3.63) is 35.0 Å². The van der Waals surface area contributed by atoms with E-state index in [0.717, 1.165) is 16.1 Å². The average Bonchev–Trinajstić information content (AvgIpc) is 3.28. The summed E-state index contributed by atoms with van der Waals surface area (Å²) in [5.41, 5.74) is 1.45. The van der Waals surface area contributed by atoms with Crippen LogP contribution in [0, 0.1) is 12.3 Å². The molecular formula is C26H34FN5O5S. The number of hydrogen-bond donors (Lipinski definition) is 4. The van der Waals surface area contributed by atoms with Gasteiger partial charge in [-0.05, 0) is 36.8 Å². The van der Waals surface area contributed by atoms with Crippen molar-refractivity contribution in [2.45, 2.75) is 77.4 Å². The number of halogens is 1. The van der Waals surface area contributed by atoms with Gasteiger partial charge in [-0.25, -0.2) is 9.37 Å². The van der Waals surface area contributed by atoms with Crippen molar-refractivity contribution in [1.82, 2.24) is 20.5 Å². The molecule has 1 aromatic heterocycles. The van der Waals surface area contributed by atoms with Crippen LogP contribution in [0.5, 0.6) is 5.75 Å². The average molecular weight is 548 g/mol. The Hall–Kier alpha value is -3.09. The van der Waals surface area contributed by atoms with Crippen molar-refractivity contribution < 1.29 is 28.7 Å². The molecule has 1 saturated heterocycles. The van der Waals surface area contributed by atoms with E-state index in [4.69, 9.17) is 10.7 Å². The molecule has 2 heterocycles. The van der Waals surface area contributed by atoms with E-state index in [-0.39, 0.29) is 32.4 Å². The zero-order valence-electron chi connectivity index (χ0n) is 21.9. The number of benzene rings is 1. The number of aliphatic hydroxyl groups excluding tert-OH is 1. The molecule has 0 bridgehead atoms. The summed E-state index contributed by atoms with van der Waals surface area (Å²) in [5, 5.41) is 15.7. The lowest BCUT2D eigenvalue weighted by atomic mass is 9.85. The summed E-state index contributed by atoms with van der Waals surface area (Å²) < 4.78 is 14.3. The summed E-state index contributed by atoms with van der Waals surface area (Å²) in [6.45, 7) is 7.16. The molecule has 3 atom stereocenters. The van der Waals surface area contributed by atoms with E-state index >= 15 is 0 Å². The number of β-amino-alcohol motifs (C(OH)–C–C–N with tert-alkyl or cyclic N) is 1. The number of nitrogens with two attached hydrogens (primary N) is 1. The minimum atomic E-state index is -1.94. The highest BCUT2D eigenvalue weighted by Gasteiger charge is 2.53. The molecule has 1 saturated carbocycles. The minimum absolute atomic E-state index is 0.0409. The Kier molecular flexibility index (Phi) is 7.78. The van der Waals surface area contributed by atoms with Crippen LogP contribution < -0.4 is 21.4 Å². The summed E-state index contributed by atoms with van der Waals surface area (Å²) in [5.74, 6) is 4.05. The number of aryl methyl sites for hydroxylation is 1. The van der Waals surface area contributed by atoms with E-state index < -0.39 is 47.0 Å². The molecule has 1 aromatic carbocycles. The molecule has 206 valence electrons. The fraction of sp³-hybridized carbons (Fsp3) is 0.538. The molecule has 3 unspecified atom stereocenters. The van der Waals surface area contributed by atoms with Crippen molar-refractivity contribution >= 4 is 29.1 Å². The van der Waals surface area contributed by atoms with Gasteiger partial charge in [0.1, 0.15) is 12.1 Å². The van der Waals surface area contributed by atoms with Gasteiger partial charge < -0.3 is 25.5 Å². The van der Waals surface area contributed by atoms with Gasteiger partial charge in [-0.3, -0.25) is 14.4 Å². The molecule has 3 amide bonds. The summed E-state index contributed by atoms with van der Waals surface area (Å²) in [7, 11) is 0. The third-order valence-corrected chi connectivity index (χ3v) is 7.98. The maximum absolute atomic E-state index is 14.3. The van der Waals surface area contributed by atoms with Gasteiger partial charge in [0.05, 0.1) is 22.2 Å². The Bertz CT molecular complexity index is 1220. The van der Waals surface area contributed by atoms with Crippen LogP contribution >= 0.6 is 11.3 Å². The van der Waals surface area contributed by atoms with Gasteiger partial charge in [-0.1, -0.05) is 32.9 Å². The first-order valence-electron chi connectivity index (χ1n) is 12.5. The summed E-state index contributed by atoms with van der Waals surface area (Å²) in [6, 6.07) is 3.42. The van der Waals surface area contributed by atoms with Crippen LogP contribution in [0.3, 0.4) is 0 Å². The van der Waals surface area contributed by atoms with Gasteiger partial charge in [0.15, 0.2) is 11.4 Å². The van der Waals surface area contributed by atoms with E-state index in [1.165, 1.54) is 16.2 Å². The first-order chi connectivity index (χ1) is 17.8. The Morgan fingerprint density at radius 1 is 1.34 bits per heavy atom. The predicted octanol–water partition coefficient (Wildman–Crippen LogP) is 1.98. The lowest BCUT2D eigenvalue weighted by Crippen LogP contribution is -2.59. The lowest BCUT2D eigenvalue weighted by Gasteiger charge is -2.35. The van der Waals surface area contributed by atoms with Crippen molar-refractivity contribution in [2.24, 2.45) is 11.3 Å². The highest BCUT2D eigenvalue weighted by Crippen LogP contribution is 2.40. The van der Waals surface area contributed by atoms with Crippen LogP contribution in [0.1, 0.15) is 51.3 Å². The molecule has 2 aromatic rings. The number of carbonyl (C=O) groups excluding carboxylic acids is 3. The Morgan fingerprint density at radius 3 is 2.63 bits per heavy atom. The van der Waals surface area contributed by atoms with E-state index in [9.17, 15) is 23.9 Å². The third kappa shape index (κ3) is 5.82. The Balaban J connectivity index is 1.47. The fourth-order valence-corrected chi connectivity index (χ4v) is 5.35. The van der Waals surface area contributed by atoms with Crippen molar-refractivity contribution in [3.63, 3.8) is 0 Å². The topological polar surface area (TPSA) is 147 Å². The molecular weight excluding hydrogens is 513 g/mol. The molecule has 0 radical (unpaired) electrons. The molecule has 2 fully saturated rings. The monoisotopic (exact) mass is 547 g/mol. The normalized spacial score (nSPS) is 21.1. The van der Waals surface area contributed by atoms with Gasteiger partial charge in [-0.15, -0.1) is 11.3 Å². The van der Waals surface area contributed by atoms with Crippen LogP contribution in [-0.4, -0.2) is 63.1 Å². The highest BCUT2D eigenvalue weighted by molar-refractivity contribution is 7.13. The molecule has 0 spiro atoms. The van der Waals surface area contributed by atoms with Gasteiger partial charge in [0.25, 0.3) is 5.91 Å². The molecule has 12 heteroatoms. The van der Waals surface area contributed by atoms with Crippen LogP contribution in [0.25, 0.3) is 10.4 Å². The number of nitrogens with one attached hydrogen (secondary N) is 2. The first kappa shape index (κ1) is 27.9. The molecule has 4 rings (SSSR count). The van der Waals surface area contributed by atoms with E-state index in [2.05, 4.69) is 15.6 Å². The zero-order valence-corrected chi connectivity index (χ0v) is 22.7. The number of likely N-dealkylation sites (tertiary alicyclic amines) is 1. The number of thiazole rings is 1. The summed E-state index contributed by atoms with van der Waals surface area (Å²) in [4.78, 5) is 50.7. The van der Waals surface area contributed by atoms with Gasteiger partial charge >= 0.3 is 0 Å². The number of alkyl halides is 1. The number of hydrogen-bond acceptors (Lipinski definition) is 8. The highest BCUT2D eigenvalue weighted by atomic mass is 32.1. The second-order valence-corrected chi connectivity index (χ2v) is 11.9. The van der Waals surface area contributed by atoms with Crippen LogP contribution in [0.15, 0.2) is 23.7 Å². The van der Waals surface area contributed by atoms with Crippen molar-refractivity contribution in [1.29, 1.82) is 0 Å². The largest absolute Gasteiger partial charge is 0.411 e. The number of amides is 3. The number of aliphatic hydroxyl groups is 1. The molecule has 5 N–H and O–H groups in total. The maximum atomic E-state index is 14.3. The number of rotatable bonds is 8. The minimum Gasteiger partial charge on any atom is -0.411 e. The van der Waals surface area contributed by atoms with Crippen LogP contribution in [0.4, 0.5) is 4.39 Å². The number of aromatic nitrogens is 1. The SMILES string of the molecule is Cc1ncsc1-c1ccc(CNC(=O)C2CC(O)CN2C(=O)C(NC(=O)C2(F)CC2)C(C)(C)C)c(ON)c1. The van der Waals surface area contributed by atoms with Gasteiger partial charge in [0.2, 0.25) is 11.8 Å². The maximum Gasteiger partial charge on any atom is 0.258 e. The van der Waals surface area contributed by atoms with Crippen LogP contribution in [-0.2, 0) is 20.9 Å². The quantitative estimate of drug-likeness (QED) is 0.370. The predicted molar refractivity (Wildman–Crippen MR) is 140 cm³/mol. The second kappa shape index (κ2) is 10.6. The summed E-state index contributed by atoms with van der Waals surface area (Å²) >= 11 is 1.49. The molecule has 38 heavy (non-hydrogen) atoms. The summed E-state index contributed by atoms with van der Waals surface area (Å²) in [6.07, 6.45) is -0.626.